The Morgan fingerprint density at radius 1 is 0.970 bits per heavy atom. The lowest BCUT2D eigenvalue weighted by molar-refractivity contribution is -0.123. The van der Waals surface area contributed by atoms with Crippen molar-refractivity contribution in [3.05, 3.63) is 99.8 Å². The molecule has 3 atom stereocenters. The second-order valence-corrected chi connectivity index (χ2v) is 9.08. The van der Waals surface area contributed by atoms with Gasteiger partial charge in [-0.05, 0) is 55.0 Å². The van der Waals surface area contributed by atoms with Gasteiger partial charge in [0, 0.05) is 10.0 Å². The molecule has 0 aliphatic carbocycles. The van der Waals surface area contributed by atoms with Crippen LogP contribution in [0.5, 0.6) is 0 Å². The number of carbonyl (C=O) groups excluding carboxylic acids is 3. The molecular weight excluding hydrogens is 489 g/mol. The summed E-state index contributed by atoms with van der Waals surface area (Å²) in [7, 11) is 0. The summed E-state index contributed by atoms with van der Waals surface area (Å²) in [5.74, 6) is -2.57. The zero-order valence-electron chi connectivity index (χ0n) is 17.5. The number of aryl methyl sites for hydroxylation is 1. The molecule has 5 rings (SSSR count). The number of hydrazine groups is 1. The first kappa shape index (κ1) is 21.5. The molecule has 0 aromatic heterocycles. The van der Waals surface area contributed by atoms with Crippen molar-refractivity contribution in [3.63, 3.8) is 0 Å². The molecule has 166 valence electrons. The lowest BCUT2D eigenvalue weighted by atomic mass is 9.91. The maximum Gasteiger partial charge on any atom is 0.268 e. The number of benzene rings is 3. The van der Waals surface area contributed by atoms with Crippen LogP contribution >= 0.6 is 15.9 Å². The van der Waals surface area contributed by atoms with Gasteiger partial charge in [0.25, 0.3) is 11.8 Å². The molecule has 3 aromatic rings. The lowest BCUT2D eigenvalue weighted by Gasteiger charge is -2.25. The minimum Gasteiger partial charge on any atom is -0.274 e. The number of hydrogen-bond acceptors (Lipinski definition) is 4. The third kappa shape index (κ3) is 3.65. The standard InChI is InChI=1S/C25H19BrFN3O3/c1-14-5-11-19(12-6-14)29-24(32)20-21(15-7-9-18(27)10-8-15)28-30(22(20)25(29)33)23(31)16-3-2-4-17(26)13-16/h2-13,20-22,28H,1H3. The van der Waals surface area contributed by atoms with E-state index < -0.39 is 41.5 Å². The molecule has 2 heterocycles. The van der Waals surface area contributed by atoms with Crippen LogP contribution in [0.2, 0.25) is 0 Å². The van der Waals surface area contributed by atoms with E-state index in [1.54, 1.807) is 48.5 Å². The highest BCUT2D eigenvalue weighted by molar-refractivity contribution is 9.10. The van der Waals surface area contributed by atoms with Gasteiger partial charge in [0.05, 0.1) is 17.6 Å². The summed E-state index contributed by atoms with van der Waals surface area (Å²) in [5.41, 5.74) is 5.50. The van der Waals surface area contributed by atoms with E-state index in [0.29, 0.717) is 21.3 Å². The molecular formula is C25H19BrFN3O3. The van der Waals surface area contributed by atoms with Crippen LogP contribution in [-0.2, 0) is 9.59 Å². The molecule has 3 aromatic carbocycles. The topological polar surface area (TPSA) is 69.7 Å². The predicted octanol–water partition coefficient (Wildman–Crippen LogP) is 4.16. The predicted molar refractivity (Wildman–Crippen MR) is 124 cm³/mol. The highest BCUT2D eigenvalue weighted by atomic mass is 79.9. The van der Waals surface area contributed by atoms with Crippen molar-refractivity contribution in [3.8, 4) is 0 Å². The summed E-state index contributed by atoms with van der Waals surface area (Å²) in [6, 6.07) is 17.9. The summed E-state index contributed by atoms with van der Waals surface area (Å²) >= 11 is 3.36. The molecule has 0 radical (unpaired) electrons. The Labute approximate surface area is 198 Å². The summed E-state index contributed by atoms with van der Waals surface area (Å²) in [4.78, 5) is 41.6. The van der Waals surface area contributed by atoms with Gasteiger partial charge in [-0.3, -0.25) is 19.4 Å². The number of amides is 3. The van der Waals surface area contributed by atoms with Crippen molar-refractivity contribution in [1.82, 2.24) is 10.4 Å². The maximum atomic E-state index is 13.5. The van der Waals surface area contributed by atoms with E-state index >= 15 is 0 Å². The van der Waals surface area contributed by atoms with Gasteiger partial charge < -0.3 is 0 Å². The van der Waals surface area contributed by atoms with Crippen LogP contribution in [-0.4, -0.2) is 28.8 Å². The molecule has 2 saturated heterocycles. The summed E-state index contributed by atoms with van der Waals surface area (Å²) in [6.45, 7) is 1.92. The molecule has 2 fully saturated rings. The summed E-state index contributed by atoms with van der Waals surface area (Å²) in [5, 5.41) is 1.24. The van der Waals surface area contributed by atoms with Crippen molar-refractivity contribution in [1.29, 1.82) is 0 Å². The molecule has 1 N–H and O–H groups in total. The Morgan fingerprint density at radius 3 is 2.33 bits per heavy atom. The van der Waals surface area contributed by atoms with E-state index in [2.05, 4.69) is 21.4 Å². The van der Waals surface area contributed by atoms with Crippen LogP contribution in [0.1, 0.15) is 27.5 Å². The second-order valence-electron chi connectivity index (χ2n) is 8.16. The van der Waals surface area contributed by atoms with Gasteiger partial charge in [-0.2, -0.15) is 0 Å². The number of imide groups is 1. The number of halogens is 2. The van der Waals surface area contributed by atoms with Gasteiger partial charge in [0.1, 0.15) is 11.9 Å². The van der Waals surface area contributed by atoms with E-state index in [1.165, 1.54) is 17.1 Å². The highest BCUT2D eigenvalue weighted by Gasteiger charge is 2.60. The number of hydrogen-bond donors (Lipinski definition) is 1. The molecule has 8 heteroatoms. The Bertz CT molecular complexity index is 1260. The minimum absolute atomic E-state index is 0.365. The third-order valence-electron chi connectivity index (χ3n) is 6.05. The van der Waals surface area contributed by atoms with Crippen LogP contribution in [0.15, 0.2) is 77.3 Å². The van der Waals surface area contributed by atoms with Gasteiger partial charge in [-0.15, -0.1) is 0 Å². The monoisotopic (exact) mass is 507 g/mol. The van der Waals surface area contributed by atoms with Gasteiger partial charge in [-0.1, -0.05) is 51.8 Å². The molecule has 3 amide bonds. The Hall–Kier alpha value is -3.36. The number of nitrogens with one attached hydrogen (secondary N) is 1. The first-order valence-electron chi connectivity index (χ1n) is 10.4. The molecule has 3 unspecified atom stereocenters. The first-order chi connectivity index (χ1) is 15.8. The molecule has 0 saturated carbocycles. The third-order valence-corrected chi connectivity index (χ3v) is 6.54. The Balaban J connectivity index is 1.58. The van der Waals surface area contributed by atoms with Crippen LogP contribution in [0.3, 0.4) is 0 Å². The molecule has 0 spiro atoms. The fourth-order valence-electron chi connectivity index (χ4n) is 4.43. The zero-order valence-corrected chi connectivity index (χ0v) is 19.1. The Morgan fingerprint density at radius 2 is 1.67 bits per heavy atom. The van der Waals surface area contributed by atoms with Crippen molar-refractivity contribution in [2.75, 3.05) is 4.90 Å². The average molecular weight is 508 g/mol. The SMILES string of the molecule is Cc1ccc(N2C(=O)C3C(c4ccc(F)cc4)NN(C(=O)c4cccc(Br)c4)C3C2=O)cc1. The first-order valence-corrected chi connectivity index (χ1v) is 11.2. The number of carbonyl (C=O) groups is 3. The average Bonchev–Trinajstić information content (AvgIpc) is 3.31. The van der Waals surface area contributed by atoms with Crippen LogP contribution < -0.4 is 10.3 Å². The number of fused-ring (bicyclic) bond motifs is 1. The molecule has 0 bridgehead atoms. The summed E-state index contributed by atoms with van der Waals surface area (Å²) in [6.07, 6.45) is 0. The fourth-order valence-corrected chi connectivity index (χ4v) is 4.83. The Kier molecular flexibility index (Phi) is 5.34. The van der Waals surface area contributed by atoms with Crippen LogP contribution in [0.4, 0.5) is 10.1 Å². The highest BCUT2D eigenvalue weighted by Crippen LogP contribution is 2.42. The van der Waals surface area contributed by atoms with Crippen LogP contribution in [0.25, 0.3) is 0 Å². The number of anilines is 1. The molecule has 33 heavy (non-hydrogen) atoms. The van der Waals surface area contributed by atoms with E-state index in [4.69, 9.17) is 0 Å². The van der Waals surface area contributed by atoms with Gasteiger partial charge in [0.15, 0.2) is 0 Å². The number of nitrogens with zero attached hydrogens (tertiary/aromatic N) is 2. The van der Waals surface area contributed by atoms with Crippen molar-refractivity contribution >= 4 is 39.3 Å². The van der Waals surface area contributed by atoms with Gasteiger partial charge in [-0.25, -0.2) is 14.7 Å². The van der Waals surface area contributed by atoms with E-state index in [-0.39, 0.29) is 0 Å². The van der Waals surface area contributed by atoms with Crippen molar-refractivity contribution in [2.24, 2.45) is 5.92 Å². The van der Waals surface area contributed by atoms with Crippen molar-refractivity contribution in [2.45, 2.75) is 19.0 Å². The smallest absolute Gasteiger partial charge is 0.268 e. The fraction of sp³-hybridized carbons (Fsp3) is 0.160. The second kappa shape index (κ2) is 8.20. The van der Waals surface area contributed by atoms with Gasteiger partial charge in [0.2, 0.25) is 5.91 Å². The molecule has 2 aliphatic rings. The molecule has 2 aliphatic heterocycles. The van der Waals surface area contributed by atoms with E-state index in [0.717, 1.165) is 10.5 Å². The summed E-state index contributed by atoms with van der Waals surface area (Å²) < 4.78 is 14.3. The van der Waals surface area contributed by atoms with Crippen molar-refractivity contribution < 1.29 is 18.8 Å². The van der Waals surface area contributed by atoms with E-state index in [9.17, 15) is 18.8 Å². The molecule has 6 nitrogen and oxygen atoms in total. The zero-order chi connectivity index (χ0) is 23.3. The number of rotatable bonds is 3. The van der Waals surface area contributed by atoms with Gasteiger partial charge >= 0.3 is 0 Å². The van der Waals surface area contributed by atoms with E-state index in [1.807, 2.05) is 19.1 Å². The van der Waals surface area contributed by atoms with Crippen LogP contribution in [0, 0.1) is 18.7 Å². The maximum absolute atomic E-state index is 13.5. The normalized spacial score (nSPS) is 22.1. The minimum atomic E-state index is -1.03. The quantitative estimate of drug-likeness (QED) is 0.540. The largest absolute Gasteiger partial charge is 0.274 e. The lowest BCUT2D eigenvalue weighted by Crippen LogP contribution is -2.48.